The topological polar surface area (TPSA) is 70.6 Å². The number of nitrogens with one attached hydrogen (secondary N) is 2. The Bertz CT molecular complexity index is 676. The number of amides is 2. The molecule has 2 aliphatic carbocycles. The Morgan fingerprint density at radius 2 is 1.92 bits per heavy atom. The van der Waals surface area contributed by atoms with Crippen molar-refractivity contribution in [3.63, 3.8) is 0 Å². The van der Waals surface area contributed by atoms with Gasteiger partial charge in [0.05, 0.1) is 0 Å². The first kappa shape index (κ1) is 16.4. The van der Waals surface area contributed by atoms with E-state index in [1.54, 1.807) is 24.3 Å². The smallest absolute Gasteiger partial charge is 0.271 e. The summed E-state index contributed by atoms with van der Waals surface area (Å²) in [6.07, 6.45) is 8.76. The van der Waals surface area contributed by atoms with Gasteiger partial charge in [-0.2, -0.15) is 5.10 Å². The van der Waals surface area contributed by atoms with E-state index in [0.717, 1.165) is 6.42 Å². The van der Waals surface area contributed by atoms with Crippen LogP contribution in [0.5, 0.6) is 0 Å². The Morgan fingerprint density at radius 1 is 1.17 bits per heavy atom. The summed E-state index contributed by atoms with van der Waals surface area (Å²) in [7, 11) is 0. The lowest BCUT2D eigenvalue weighted by molar-refractivity contribution is -0.118. The molecule has 5 heteroatoms. The maximum atomic E-state index is 12.1. The number of anilines is 1. The second-order valence-corrected chi connectivity index (χ2v) is 6.88. The van der Waals surface area contributed by atoms with Crippen LogP contribution in [0.15, 0.2) is 41.5 Å². The van der Waals surface area contributed by atoms with E-state index < -0.39 is 0 Å². The lowest BCUT2D eigenvalue weighted by Crippen LogP contribution is -2.20. The Balaban J connectivity index is 1.51. The zero-order valence-electron chi connectivity index (χ0n) is 14.0. The van der Waals surface area contributed by atoms with Crippen molar-refractivity contribution < 1.29 is 9.59 Å². The molecule has 2 bridgehead atoms. The molecule has 2 N–H and O–H groups in total. The molecule has 0 heterocycles. The minimum atomic E-state index is -0.244. The van der Waals surface area contributed by atoms with Crippen LogP contribution in [0.25, 0.3) is 0 Å². The number of rotatable bonds is 5. The van der Waals surface area contributed by atoms with Crippen LogP contribution in [0.3, 0.4) is 0 Å². The molecule has 5 nitrogen and oxygen atoms in total. The van der Waals surface area contributed by atoms with Crippen LogP contribution < -0.4 is 10.7 Å². The third-order valence-electron chi connectivity index (χ3n) is 4.70. The molecule has 1 aromatic rings. The number of allylic oxidation sites excluding steroid dienone is 2. The number of hydrogen-bond acceptors (Lipinski definition) is 3. The lowest BCUT2D eigenvalue weighted by atomic mass is 9.95. The number of fused-ring (bicyclic) bond motifs is 2. The molecule has 0 spiro atoms. The predicted molar refractivity (Wildman–Crippen MR) is 94.7 cm³/mol. The molecule has 1 aromatic carbocycles. The third kappa shape index (κ3) is 3.72. The molecule has 3 rings (SSSR count). The highest BCUT2D eigenvalue weighted by Gasteiger charge is 2.34. The van der Waals surface area contributed by atoms with Crippen molar-refractivity contribution in [3.8, 4) is 0 Å². The summed E-state index contributed by atoms with van der Waals surface area (Å²) in [5, 5.41) is 6.91. The second kappa shape index (κ2) is 6.99. The normalized spacial score (nSPS) is 24.7. The molecule has 3 atom stereocenters. The van der Waals surface area contributed by atoms with Gasteiger partial charge in [0.1, 0.15) is 0 Å². The van der Waals surface area contributed by atoms with Gasteiger partial charge in [0.25, 0.3) is 5.91 Å². The Morgan fingerprint density at radius 3 is 2.50 bits per heavy atom. The first-order chi connectivity index (χ1) is 11.5. The van der Waals surface area contributed by atoms with Gasteiger partial charge in [0, 0.05) is 29.3 Å². The van der Waals surface area contributed by atoms with Gasteiger partial charge in [-0.25, -0.2) is 5.43 Å². The summed E-state index contributed by atoms with van der Waals surface area (Å²) in [5.74, 6) is 1.34. The first-order valence-corrected chi connectivity index (χ1v) is 8.45. The van der Waals surface area contributed by atoms with Crippen LogP contribution >= 0.6 is 0 Å². The van der Waals surface area contributed by atoms with E-state index in [-0.39, 0.29) is 17.7 Å². The molecular formula is C19H23N3O2. The average Bonchev–Trinajstić information content (AvgIpc) is 3.18. The number of carbonyl (C=O) groups excluding carboxylic acids is 2. The van der Waals surface area contributed by atoms with E-state index in [0.29, 0.717) is 29.0 Å². The predicted octanol–water partition coefficient (Wildman–Crippen LogP) is 3.21. The molecule has 0 radical (unpaired) electrons. The van der Waals surface area contributed by atoms with Gasteiger partial charge in [-0.15, -0.1) is 0 Å². The summed E-state index contributed by atoms with van der Waals surface area (Å²) < 4.78 is 0. The molecular weight excluding hydrogens is 302 g/mol. The quantitative estimate of drug-likeness (QED) is 0.496. The van der Waals surface area contributed by atoms with E-state index in [4.69, 9.17) is 0 Å². The van der Waals surface area contributed by atoms with Crippen LogP contribution in [0.1, 0.15) is 37.0 Å². The van der Waals surface area contributed by atoms with Crippen LogP contribution in [0.4, 0.5) is 5.69 Å². The average molecular weight is 325 g/mol. The van der Waals surface area contributed by atoms with E-state index in [1.807, 2.05) is 20.1 Å². The molecule has 2 amide bonds. The lowest BCUT2D eigenvalue weighted by Gasteiger charge is -2.12. The zero-order valence-corrected chi connectivity index (χ0v) is 14.0. The molecule has 1 saturated carbocycles. The number of hydrazone groups is 1. The fourth-order valence-electron chi connectivity index (χ4n) is 3.24. The van der Waals surface area contributed by atoms with E-state index in [2.05, 4.69) is 28.0 Å². The Labute approximate surface area is 142 Å². The fraction of sp³-hybridized carbons (Fsp3) is 0.421. The molecule has 1 fully saturated rings. The highest BCUT2D eigenvalue weighted by Crippen LogP contribution is 2.42. The zero-order chi connectivity index (χ0) is 17.1. The van der Waals surface area contributed by atoms with E-state index >= 15 is 0 Å². The van der Waals surface area contributed by atoms with Crippen molar-refractivity contribution in [2.75, 3.05) is 5.32 Å². The summed E-state index contributed by atoms with van der Waals surface area (Å²) in [5.41, 5.74) is 3.78. The van der Waals surface area contributed by atoms with Crippen LogP contribution in [-0.4, -0.2) is 18.0 Å². The summed E-state index contributed by atoms with van der Waals surface area (Å²) in [6, 6.07) is 6.81. The summed E-state index contributed by atoms with van der Waals surface area (Å²) in [4.78, 5) is 23.7. The van der Waals surface area contributed by atoms with E-state index in [9.17, 15) is 9.59 Å². The SMILES string of the molecule is CC(C)C(=O)Nc1ccc(C(=O)NN=C[C@@H]2C[C@H]3C=C[C@H]2C3)cc1. The molecule has 126 valence electrons. The minimum absolute atomic E-state index is 0.0447. The number of nitrogens with zero attached hydrogens (tertiary/aromatic N) is 1. The maximum absolute atomic E-state index is 12.1. The third-order valence-corrected chi connectivity index (χ3v) is 4.70. The number of carbonyl (C=O) groups is 2. The van der Waals surface area contributed by atoms with Gasteiger partial charge < -0.3 is 5.32 Å². The van der Waals surface area contributed by atoms with Crippen molar-refractivity contribution in [1.82, 2.24) is 5.43 Å². The van der Waals surface area contributed by atoms with Crippen molar-refractivity contribution in [3.05, 3.63) is 42.0 Å². The Hall–Kier alpha value is -2.43. The summed E-state index contributed by atoms with van der Waals surface area (Å²) in [6.45, 7) is 3.67. The summed E-state index contributed by atoms with van der Waals surface area (Å²) >= 11 is 0. The molecule has 0 aliphatic heterocycles. The highest BCUT2D eigenvalue weighted by molar-refractivity contribution is 5.96. The van der Waals surface area contributed by atoms with Crippen molar-refractivity contribution in [2.24, 2.45) is 28.8 Å². The number of hydrogen-bond donors (Lipinski definition) is 2. The Kier molecular flexibility index (Phi) is 4.79. The van der Waals surface area contributed by atoms with Crippen molar-refractivity contribution in [1.29, 1.82) is 0 Å². The van der Waals surface area contributed by atoms with Gasteiger partial charge in [-0.3, -0.25) is 9.59 Å². The van der Waals surface area contributed by atoms with Gasteiger partial charge >= 0.3 is 0 Å². The maximum Gasteiger partial charge on any atom is 0.271 e. The minimum Gasteiger partial charge on any atom is -0.326 e. The van der Waals surface area contributed by atoms with Gasteiger partial charge in [-0.1, -0.05) is 26.0 Å². The van der Waals surface area contributed by atoms with Gasteiger partial charge in [0.2, 0.25) is 5.91 Å². The fourth-order valence-corrected chi connectivity index (χ4v) is 3.24. The van der Waals surface area contributed by atoms with Crippen LogP contribution in [-0.2, 0) is 4.79 Å². The largest absolute Gasteiger partial charge is 0.326 e. The van der Waals surface area contributed by atoms with E-state index in [1.165, 1.54) is 6.42 Å². The van der Waals surface area contributed by atoms with Crippen LogP contribution in [0.2, 0.25) is 0 Å². The molecule has 0 saturated heterocycles. The van der Waals surface area contributed by atoms with Crippen molar-refractivity contribution >= 4 is 23.7 Å². The second-order valence-electron chi connectivity index (χ2n) is 6.88. The van der Waals surface area contributed by atoms with Crippen molar-refractivity contribution in [2.45, 2.75) is 26.7 Å². The highest BCUT2D eigenvalue weighted by atomic mass is 16.2. The number of benzene rings is 1. The first-order valence-electron chi connectivity index (χ1n) is 8.45. The monoisotopic (exact) mass is 325 g/mol. The molecule has 24 heavy (non-hydrogen) atoms. The standard InChI is InChI=1S/C19H23N3O2/c1-12(2)18(23)21-17-7-5-14(6-8-17)19(24)22-20-11-16-10-13-3-4-15(16)9-13/h3-8,11-13,15-16H,9-10H2,1-2H3,(H,21,23)(H,22,24)/t13-,15-,16-/m0/s1. The van der Waals surface area contributed by atoms with Crippen LogP contribution in [0, 0.1) is 23.7 Å². The van der Waals surface area contributed by atoms with Gasteiger partial charge in [0.15, 0.2) is 0 Å². The molecule has 0 unspecified atom stereocenters. The van der Waals surface area contributed by atoms with Gasteiger partial charge in [-0.05, 0) is 48.9 Å². The molecule has 0 aromatic heterocycles. The molecule has 2 aliphatic rings.